The Hall–Kier alpha value is -5.68. The van der Waals surface area contributed by atoms with Crippen molar-refractivity contribution in [2.24, 2.45) is 0 Å². The largest absolute Gasteiger partial charge is 0.484 e. The molecular formula is C41H23NO3. The zero-order chi connectivity index (χ0) is 29.3. The molecule has 1 aliphatic heterocycles. The minimum absolute atomic E-state index is 0.699. The summed E-state index contributed by atoms with van der Waals surface area (Å²) >= 11 is 0. The molecule has 11 rings (SSSR count). The molecule has 4 heteroatoms. The Morgan fingerprint density at radius 1 is 0.356 bits per heavy atom. The third-order valence-corrected chi connectivity index (χ3v) is 9.70. The van der Waals surface area contributed by atoms with Gasteiger partial charge in [-0.2, -0.15) is 4.84 Å². The molecule has 0 atom stereocenters. The lowest BCUT2D eigenvalue weighted by molar-refractivity contribution is -0.105. The van der Waals surface area contributed by atoms with Gasteiger partial charge in [-0.05, 0) is 76.8 Å². The molecule has 0 radical (unpaired) electrons. The quantitative estimate of drug-likeness (QED) is 0.0979. The van der Waals surface area contributed by atoms with Gasteiger partial charge in [0.05, 0.1) is 0 Å². The van der Waals surface area contributed by atoms with E-state index < -0.39 is 6.10 Å². The maximum absolute atomic E-state index is 6.73. The Bertz CT molecular complexity index is 2630. The summed E-state index contributed by atoms with van der Waals surface area (Å²) in [7, 11) is 0. The molecule has 0 spiro atoms. The van der Waals surface area contributed by atoms with Crippen molar-refractivity contribution in [3.05, 3.63) is 133 Å². The number of hydrogen-bond donors (Lipinski definition) is 1. The molecule has 0 aromatic heterocycles. The van der Waals surface area contributed by atoms with Crippen LogP contribution in [0.3, 0.4) is 0 Å². The lowest BCUT2D eigenvalue weighted by Crippen LogP contribution is -2.31. The molecule has 210 valence electrons. The van der Waals surface area contributed by atoms with Crippen LogP contribution in [0, 0.1) is 0 Å². The number of hydrogen-bond acceptors (Lipinski definition) is 4. The minimum atomic E-state index is -1.46. The van der Waals surface area contributed by atoms with E-state index in [0.717, 1.165) is 21.5 Å². The van der Waals surface area contributed by atoms with Gasteiger partial charge >= 0.3 is 6.10 Å². The highest BCUT2D eigenvalue weighted by molar-refractivity contribution is 6.35. The summed E-state index contributed by atoms with van der Waals surface area (Å²) in [5.41, 5.74) is 2.95. The summed E-state index contributed by atoms with van der Waals surface area (Å²) in [5, 5.41) is 18.8. The predicted octanol–water partition coefficient (Wildman–Crippen LogP) is 10.4. The molecule has 1 saturated heterocycles. The fourth-order valence-corrected chi connectivity index (χ4v) is 7.86. The van der Waals surface area contributed by atoms with Crippen LogP contribution in [0.1, 0.15) is 0 Å². The minimum Gasteiger partial charge on any atom is -0.414 e. The fraction of sp³-hybridized carbons (Fsp3) is 0.0244. The Kier molecular flexibility index (Phi) is 4.36. The Morgan fingerprint density at radius 2 is 0.689 bits per heavy atom. The molecule has 0 amide bonds. The van der Waals surface area contributed by atoms with E-state index in [9.17, 15) is 0 Å². The zero-order valence-corrected chi connectivity index (χ0v) is 23.9. The lowest BCUT2D eigenvalue weighted by Gasteiger charge is -2.21. The Balaban J connectivity index is 1.14. The van der Waals surface area contributed by atoms with Crippen LogP contribution in [0.25, 0.3) is 86.2 Å². The van der Waals surface area contributed by atoms with Gasteiger partial charge in [-0.25, -0.2) is 0 Å². The molecule has 45 heavy (non-hydrogen) atoms. The molecule has 0 bridgehead atoms. The third-order valence-electron chi connectivity index (χ3n) is 9.70. The smallest absolute Gasteiger partial charge is 0.414 e. The molecule has 0 aliphatic carbocycles. The first kappa shape index (κ1) is 23.7. The highest BCUT2D eigenvalue weighted by Crippen LogP contribution is 2.48. The van der Waals surface area contributed by atoms with Crippen LogP contribution in [0.5, 0.6) is 11.5 Å². The first-order valence-electron chi connectivity index (χ1n) is 15.3. The van der Waals surface area contributed by atoms with Gasteiger partial charge in [0.1, 0.15) is 11.5 Å². The van der Waals surface area contributed by atoms with Crippen LogP contribution in [0.15, 0.2) is 133 Å². The summed E-state index contributed by atoms with van der Waals surface area (Å²) in [4.78, 5) is 5.81. The topological polar surface area (TPSA) is 52.9 Å². The number of rotatable bonds is 4. The standard InChI is InChI=1S/C41H23NO3/c1-7-23-9-5-17-31-35(23)27(13-1)29-15-3-11-25-19-21-33(39(31)37(25)29)43-41(42-45-41)44-34-22-20-26-12-4-16-30-28-14-2-8-24-10-6-18-32(36(24)28)40(34)38(26)30/h1-22,42H. The number of benzene rings is 10. The molecule has 10 aromatic carbocycles. The van der Waals surface area contributed by atoms with Crippen LogP contribution >= 0.6 is 0 Å². The molecule has 0 unspecified atom stereocenters. The fourth-order valence-electron chi connectivity index (χ4n) is 7.86. The van der Waals surface area contributed by atoms with Crippen molar-refractivity contribution in [3.63, 3.8) is 0 Å². The molecule has 1 fully saturated rings. The predicted molar refractivity (Wildman–Crippen MR) is 184 cm³/mol. The van der Waals surface area contributed by atoms with Crippen molar-refractivity contribution in [3.8, 4) is 11.5 Å². The Labute approximate surface area is 256 Å². The van der Waals surface area contributed by atoms with Crippen LogP contribution in [-0.2, 0) is 4.84 Å². The van der Waals surface area contributed by atoms with Gasteiger partial charge in [0.25, 0.3) is 0 Å². The normalized spacial score (nSPS) is 14.7. The van der Waals surface area contributed by atoms with E-state index in [1.165, 1.54) is 64.6 Å². The lowest BCUT2D eigenvalue weighted by atomic mass is 9.89. The van der Waals surface area contributed by atoms with E-state index in [4.69, 9.17) is 14.3 Å². The van der Waals surface area contributed by atoms with Crippen LogP contribution < -0.4 is 15.0 Å². The van der Waals surface area contributed by atoms with E-state index in [1.807, 2.05) is 12.1 Å². The van der Waals surface area contributed by atoms with Gasteiger partial charge in [0.15, 0.2) is 0 Å². The maximum atomic E-state index is 6.73. The van der Waals surface area contributed by atoms with Crippen molar-refractivity contribution in [1.29, 1.82) is 0 Å². The average Bonchev–Trinajstić information content (AvgIpc) is 3.85. The molecule has 0 saturated carbocycles. The number of hydroxylamine groups is 1. The highest BCUT2D eigenvalue weighted by atomic mass is 17.1. The Morgan fingerprint density at radius 3 is 1.07 bits per heavy atom. The molecule has 1 aliphatic rings. The van der Waals surface area contributed by atoms with Crippen molar-refractivity contribution in [2.45, 2.75) is 6.10 Å². The second-order valence-corrected chi connectivity index (χ2v) is 12.1. The highest BCUT2D eigenvalue weighted by Gasteiger charge is 2.54. The number of ether oxygens (including phenoxy) is 2. The number of nitrogens with one attached hydrogen (secondary N) is 1. The summed E-state index contributed by atoms with van der Waals surface area (Å²) in [5.74, 6) is 1.40. The SMILES string of the molecule is c1cc2cccc3c4c(OC5(Oc6ccc7cccc8c9cccc%10cccc(c6c78)c%109)NO5)ccc5cccc(c(c1)c23)c54. The van der Waals surface area contributed by atoms with Gasteiger partial charge in [0, 0.05) is 21.5 Å². The first-order valence-corrected chi connectivity index (χ1v) is 15.3. The summed E-state index contributed by atoms with van der Waals surface area (Å²) in [6.07, 6.45) is -1.46. The molecule has 1 heterocycles. The van der Waals surface area contributed by atoms with E-state index in [-0.39, 0.29) is 0 Å². The van der Waals surface area contributed by atoms with E-state index in [0.29, 0.717) is 11.5 Å². The van der Waals surface area contributed by atoms with Crippen molar-refractivity contribution >= 4 is 86.2 Å². The summed E-state index contributed by atoms with van der Waals surface area (Å²) in [6, 6.07) is 47.3. The van der Waals surface area contributed by atoms with Crippen LogP contribution in [0.2, 0.25) is 0 Å². The van der Waals surface area contributed by atoms with Crippen molar-refractivity contribution in [2.75, 3.05) is 0 Å². The van der Waals surface area contributed by atoms with E-state index in [1.54, 1.807) is 0 Å². The molecule has 10 aromatic rings. The zero-order valence-electron chi connectivity index (χ0n) is 23.9. The molecule has 4 nitrogen and oxygen atoms in total. The summed E-state index contributed by atoms with van der Waals surface area (Å²) < 4.78 is 13.5. The monoisotopic (exact) mass is 577 g/mol. The third kappa shape index (κ3) is 3.12. The van der Waals surface area contributed by atoms with Gasteiger partial charge in [-0.15, -0.1) is 0 Å². The van der Waals surface area contributed by atoms with Gasteiger partial charge in [-0.1, -0.05) is 127 Å². The average molecular weight is 578 g/mol. The second-order valence-electron chi connectivity index (χ2n) is 12.1. The molecular weight excluding hydrogens is 554 g/mol. The maximum Gasteiger partial charge on any atom is 0.484 e. The summed E-state index contributed by atoms with van der Waals surface area (Å²) in [6.45, 7) is 0. The first-order chi connectivity index (χ1) is 22.3. The van der Waals surface area contributed by atoms with Gasteiger partial charge in [-0.3, -0.25) is 0 Å². The van der Waals surface area contributed by atoms with Gasteiger partial charge in [0.2, 0.25) is 0 Å². The van der Waals surface area contributed by atoms with Crippen molar-refractivity contribution in [1.82, 2.24) is 5.48 Å². The van der Waals surface area contributed by atoms with Crippen molar-refractivity contribution < 1.29 is 14.3 Å². The molecule has 1 N–H and O–H groups in total. The van der Waals surface area contributed by atoms with E-state index in [2.05, 4.69) is 127 Å². The van der Waals surface area contributed by atoms with Gasteiger partial charge < -0.3 is 9.47 Å². The van der Waals surface area contributed by atoms with E-state index >= 15 is 0 Å². The number of fused-ring (bicyclic) bond motifs is 4. The second kappa shape index (κ2) is 8.27. The van der Waals surface area contributed by atoms with Crippen LogP contribution in [-0.4, -0.2) is 6.10 Å². The van der Waals surface area contributed by atoms with Crippen LogP contribution in [0.4, 0.5) is 0 Å².